The summed E-state index contributed by atoms with van der Waals surface area (Å²) in [5, 5.41) is 3.64. The van der Waals surface area contributed by atoms with Gasteiger partial charge in [-0.05, 0) is 24.6 Å². The van der Waals surface area contributed by atoms with Crippen molar-refractivity contribution in [2.45, 2.75) is 19.0 Å². The van der Waals surface area contributed by atoms with Gasteiger partial charge in [0.1, 0.15) is 0 Å². The number of nitrogens with zero attached hydrogens (tertiary/aromatic N) is 2. The Labute approximate surface area is 110 Å². The third-order valence-corrected chi connectivity index (χ3v) is 4.15. The van der Waals surface area contributed by atoms with Crippen molar-refractivity contribution in [3.8, 4) is 0 Å². The van der Waals surface area contributed by atoms with Crippen LogP contribution in [-0.2, 0) is 13.0 Å². The minimum Gasteiger partial charge on any atom is -0.310 e. The van der Waals surface area contributed by atoms with Crippen LogP contribution in [0.5, 0.6) is 0 Å². The van der Waals surface area contributed by atoms with E-state index in [2.05, 4.69) is 46.4 Å². The molecule has 0 bridgehead atoms. The molecule has 0 amide bonds. The average molecular weight is 245 g/mol. The molecule has 0 aromatic heterocycles. The average Bonchev–Trinajstić information content (AvgIpc) is 2.39. The second kappa shape index (κ2) is 5.39. The molecule has 2 aliphatic heterocycles. The highest BCUT2D eigenvalue weighted by Gasteiger charge is 2.22. The highest BCUT2D eigenvalue weighted by atomic mass is 15.2. The van der Waals surface area contributed by atoms with E-state index in [4.69, 9.17) is 0 Å². The summed E-state index contributed by atoms with van der Waals surface area (Å²) in [4.78, 5) is 5.03. The molecule has 1 saturated heterocycles. The van der Waals surface area contributed by atoms with Crippen molar-refractivity contribution in [3.05, 3.63) is 35.4 Å². The van der Waals surface area contributed by atoms with Gasteiger partial charge in [-0.25, -0.2) is 0 Å². The lowest BCUT2D eigenvalue weighted by Crippen LogP contribution is -2.54. The maximum atomic E-state index is 3.64. The third kappa shape index (κ3) is 2.74. The fraction of sp³-hybridized carbons (Fsp3) is 0.600. The molecule has 0 saturated carbocycles. The highest BCUT2D eigenvalue weighted by Crippen LogP contribution is 2.18. The Morgan fingerprint density at radius 1 is 1.22 bits per heavy atom. The van der Waals surface area contributed by atoms with Gasteiger partial charge >= 0.3 is 0 Å². The summed E-state index contributed by atoms with van der Waals surface area (Å²) in [5.74, 6) is 0. The van der Waals surface area contributed by atoms with E-state index in [1.165, 1.54) is 38.2 Å². The molecule has 1 aromatic rings. The van der Waals surface area contributed by atoms with Crippen LogP contribution < -0.4 is 5.32 Å². The maximum absolute atomic E-state index is 3.64. The first-order valence-electron chi connectivity index (χ1n) is 7.02. The van der Waals surface area contributed by atoms with Crippen LogP contribution in [-0.4, -0.2) is 55.6 Å². The molecular formula is C15H23N3. The molecule has 3 rings (SSSR count). The molecule has 18 heavy (non-hydrogen) atoms. The van der Waals surface area contributed by atoms with Gasteiger partial charge in [0, 0.05) is 45.3 Å². The molecular weight excluding hydrogens is 222 g/mol. The minimum absolute atomic E-state index is 0.633. The molecule has 0 radical (unpaired) electrons. The molecule has 0 aliphatic carbocycles. The summed E-state index contributed by atoms with van der Waals surface area (Å²) in [6.45, 7) is 7.00. The number of benzene rings is 1. The topological polar surface area (TPSA) is 18.5 Å². The van der Waals surface area contributed by atoms with Crippen LogP contribution in [0.4, 0.5) is 0 Å². The van der Waals surface area contributed by atoms with Crippen molar-refractivity contribution in [2.24, 2.45) is 0 Å². The number of nitrogens with one attached hydrogen (secondary N) is 1. The van der Waals surface area contributed by atoms with Gasteiger partial charge < -0.3 is 10.2 Å². The quantitative estimate of drug-likeness (QED) is 0.837. The van der Waals surface area contributed by atoms with E-state index < -0.39 is 0 Å². The van der Waals surface area contributed by atoms with Gasteiger partial charge in [-0.1, -0.05) is 24.3 Å². The van der Waals surface area contributed by atoms with Gasteiger partial charge in [-0.2, -0.15) is 0 Å². The second-order valence-electron chi connectivity index (χ2n) is 5.67. The summed E-state index contributed by atoms with van der Waals surface area (Å²) in [7, 11) is 2.22. The zero-order valence-electron chi connectivity index (χ0n) is 11.2. The molecule has 1 unspecified atom stereocenters. The van der Waals surface area contributed by atoms with E-state index in [9.17, 15) is 0 Å². The van der Waals surface area contributed by atoms with Crippen LogP contribution in [0.1, 0.15) is 11.1 Å². The van der Waals surface area contributed by atoms with Crippen molar-refractivity contribution in [1.29, 1.82) is 0 Å². The second-order valence-corrected chi connectivity index (χ2v) is 5.67. The van der Waals surface area contributed by atoms with Gasteiger partial charge in [0.2, 0.25) is 0 Å². The van der Waals surface area contributed by atoms with Gasteiger partial charge in [-0.15, -0.1) is 0 Å². The Bertz CT molecular complexity index is 404. The minimum atomic E-state index is 0.633. The fourth-order valence-corrected chi connectivity index (χ4v) is 3.14. The van der Waals surface area contributed by atoms with Crippen molar-refractivity contribution in [1.82, 2.24) is 15.1 Å². The van der Waals surface area contributed by atoms with Gasteiger partial charge in [0.25, 0.3) is 0 Å². The largest absolute Gasteiger partial charge is 0.310 e. The summed E-state index contributed by atoms with van der Waals surface area (Å²) < 4.78 is 0. The molecule has 2 aliphatic rings. The zero-order valence-corrected chi connectivity index (χ0v) is 11.2. The summed E-state index contributed by atoms with van der Waals surface area (Å²) in [6.07, 6.45) is 1.21. The molecule has 1 atom stereocenters. The molecule has 0 spiro atoms. The van der Waals surface area contributed by atoms with Crippen LogP contribution in [0, 0.1) is 0 Å². The lowest BCUT2D eigenvalue weighted by Gasteiger charge is -2.36. The Kier molecular flexibility index (Phi) is 3.64. The number of rotatable bonds is 2. The van der Waals surface area contributed by atoms with E-state index >= 15 is 0 Å². The van der Waals surface area contributed by atoms with Crippen molar-refractivity contribution >= 4 is 0 Å². The van der Waals surface area contributed by atoms with Crippen molar-refractivity contribution < 1.29 is 0 Å². The number of hydrogen-bond acceptors (Lipinski definition) is 3. The van der Waals surface area contributed by atoms with E-state index in [1.807, 2.05) is 0 Å². The van der Waals surface area contributed by atoms with Crippen LogP contribution >= 0.6 is 0 Å². The number of likely N-dealkylation sites (N-methyl/N-ethyl adjacent to an activating group) is 1. The fourth-order valence-electron chi connectivity index (χ4n) is 3.14. The van der Waals surface area contributed by atoms with E-state index in [0.29, 0.717) is 6.04 Å². The van der Waals surface area contributed by atoms with E-state index in [-0.39, 0.29) is 0 Å². The number of fused-ring (bicyclic) bond motifs is 1. The third-order valence-electron chi connectivity index (χ3n) is 4.15. The lowest BCUT2D eigenvalue weighted by molar-refractivity contribution is 0.170. The Morgan fingerprint density at radius 3 is 2.89 bits per heavy atom. The van der Waals surface area contributed by atoms with E-state index in [1.54, 1.807) is 5.56 Å². The zero-order chi connectivity index (χ0) is 12.4. The predicted octanol–water partition coefficient (Wildman–Crippen LogP) is 0.948. The Balaban J connectivity index is 1.59. The molecule has 3 heteroatoms. The smallest absolute Gasteiger partial charge is 0.0323 e. The van der Waals surface area contributed by atoms with Crippen molar-refractivity contribution in [2.75, 3.05) is 39.8 Å². The molecule has 1 fully saturated rings. The summed E-state index contributed by atoms with van der Waals surface area (Å²) >= 11 is 0. The predicted molar refractivity (Wildman–Crippen MR) is 74.7 cm³/mol. The first-order chi connectivity index (χ1) is 8.81. The normalized spacial score (nSPS) is 25.9. The van der Waals surface area contributed by atoms with Gasteiger partial charge in [0.15, 0.2) is 0 Å². The standard InChI is InChI=1S/C15H23N3/c1-17-9-7-16-15(11-17)12-18-8-6-13-4-2-3-5-14(13)10-18/h2-5,15-16H,6-12H2,1H3. The SMILES string of the molecule is CN1CCNC(CN2CCc3ccccc3C2)C1. The van der Waals surface area contributed by atoms with E-state index in [0.717, 1.165) is 13.1 Å². The maximum Gasteiger partial charge on any atom is 0.0323 e. The summed E-state index contributed by atoms with van der Waals surface area (Å²) in [5.41, 5.74) is 3.07. The highest BCUT2D eigenvalue weighted by molar-refractivity contribution is 5.29. The number of hydrogen-bond donors (Lipinski definition) is 1. The molecule has 3 nitrogen and oxygen atoms in total. The molecule has 1 aromatic carbocycles. The Morgan fingerprint density at radius 2 is 2.06 bits per heavy atom. The van der Waals surface area contributed by atoms with Crippen LogP contribution in [0.3, 0.4) is 0 Å². The summed E-state index contributed by atoms with van der Waals surface area (Å²) in [6, 6.07) is 9.51. The lowest BCUT2D eigenvalue weighted by atomic mass is 9.99. The monoisotopic (exact) mass is 245 g/mol. The molecule has 2 heterocycles. The first kappa shape index (κ1) is 12.2. The Hall–Kier alpha value is -0.900. The molecule has 98 valence electrons. The number of piperazine rings is 1. The first-order valence-corrected chi connectivity index (χ1v) is 7.02. The van der Waals surface area contributed by atoms with Gasteiger partial charge in [-0.3, -0.25) is 4.90 Å². The van der Waals surface area contributed by atoms with Gasteiger partial charge in [0.05, 0.1) is 0 Å². The molecule has 1 N–H and O–H groups in total. The van der Waals surface area contributed by atoms with Crippen molar-refractivity contribution in [3.63, 3.8) is 0 Å². The van der Waals surface area contributed by atoms with Crippen LogP contribution in [0.2, 0.25) is 0 Å². The van der Waals surface area contributed by atoms with Crippen LogP contribution in [0.25, 0.3) is 0 Å². The van der Waals surface area contributed by atoms with Crippen LogP contribution in [0.15, 0.2) is 24.3 Å².